The molecule has 0 saturated heterocycles. The van der Waals surface area contributed by atoms with E-state index in [4.69, 9.17) is 5.11 Å². The van der Waals surface area contributed by atoms with Crippen molar-refractivity contribution in [2.75, 3.05) is 6.61 Å². The zero-order valence-corrected chi connectivity index (χ0v) is 10.2. The predicted molar refractivity (Wildman–Crippen MR) is 66.5 cm³/mol. The van der Waals surface area contributed by atoms with Crippen molar-refractivity contribution in [1.82, 2.24) is 5.32 Å². The van der Waals surface area contributed by atoms with Crippen LogP contribution in [0, 0.1) is 5.82 Å². The molecule has 0 aliphatic heterocycles. The van der Waals surface area contributed by atoms with Crippen LogP contribution in [0.15, 0.2) is 24.3 Å². The van der Waals surface area contributed by atoms with E-state index in [0.717, 1.165) is 12.8 Å². The van der Waals surface area contributed by atoms with E-state index in [1.54, 1.807) is 0 Å². The first-order valence-corrected chi connectivity index (χ1v) is 6.33. The quantitative estimate of drug-likeness (QED) is 0.843. The monoisotopic (exact) mass is 237 g/mol. The molecule has 3 heteroatoms. The summed E-state index contributed by atoms with van der Waals surface area (Å²) in [7, 11) is 0. The molecule has 94 valence electrons. The first-order valence-electron chi connectivity index (χ1n) is 6.33. The van der Waals surface area contributed by atoms with Crippen molar-refractivity contribution in [3.63, 3.8) is 0 Å². The molecule has 0 bridgehead atoms. The lowest BCUT2D eigenvalue weighted by Crippen LogP contribution is -2.39. The molecule has 1 fully saturated rings. The van der Waals surface area contributed by atoms with Crippen molar-refractivity contribution in [2.45, 2.75) is 44.2 Å². The number of benzene rings is 1. The number of nitrogens with one attached hydrogen (secondary N) is 1. The van der Waals surface area contributed by atoms with Crippen molar-refractivity contribution in [1.29, 1.82) is 0 Å². The fraction of sp³-hybridized carbons (Fsp3) is 0.571. The molecule has 0 radical (unpaired) electrons. The van der Waals surface area contributed by atoms with Gasteiger partial charge in [0.2, 0.25) is 0 Å². The highest BCUT2D eigenvalue weighted by atomic mass is 19.1. The van der Waals surface area contributed by atoms with E-state index in [1.807, 2.05) is 19.1 Å². The molecule has 1 aromatic carbocycles. The van der Waals surface area contributed by atoms with E-state index in [2.05, 4.69) is 5.32 Å². The molecule has 0 spiro atoms. The first-order chi connectivity index (χ1) is 8.20. The maximum atomic E-state index is 12.9. The van der Waals surface area contributed by atoms with Gasteiger partial charge < -0.3 is 10.4 Å². The van der Waals surface area contributed by atoms with Crippen molar-refractivity contribution in [2.24, 2.45) is 0 Å². The van der Waals surface area contributed by atoms with E-state index < -0.39 is 0 Å². The minimum atomic E-state index is -0.181. The molecule has 2 unspecified atom stereocenters. The Morgan fingerprint density at radius 2 is 2.06 bits per heavy atom. The highest BCUT2D eigenvalue weighted by Gasteiger charge is 2.29. The number of aliphatic hydroxyl groups is 1. The average Bonchev–Trinajstić information content (AvgIpc) is 2.78. The molecule has 0 heterocycles. The molecule has 1 aliphatic rings. The fourth-order valence-corrected chi connectivity index (χ4v) is 2.69. The second-order valence-corrected chi connectivity index (χ2v) is 4.95. The van der Waals surface area contributed by atoms with Crippen LogP contribution in [0.5, 0.6) is 0 Å². The van der Waals surface area contributed by atoms with Crippen LogP contribution in [0.1, 0.15) is 37.7 Å². The Balaban J connectivity index is 2.06. The van der Waals surface area contributed by atoms with E-state index in [0.29, 0.717) is 12.0 Å². The third-order valence-corrected chi connectivity index (χ3v) is 3.59. The van der Waals surface area contributed by atoms with Crippen LogP contribution in [0.25, 0.3) is 0 Å². The molecule has 1 aromatic rings. The summed E-state index contributed by atoms with van der Waals surface area (Å²) < 4.78 is 12.9. The summed E-state index contributed by atoms with van der Waals surface area (Å²) in [4.78, 5) is 0. The van der Waals surface area contributed by atoms with Gasteiger partial charge in [-0.2, -0.15) is 0 Å². The molecule has 0 amide bonds. The van der Waals surface area contributed by atoms with Crippen LogP contribution in [-0.2, 0) is 0 Å². The summed E-state index contributed by atoms with van der Waals surface area (Å²) in [6.07, 6.45) is 3.46. The van der Waals surface area contributed by atoms with E-state index in [1.165, 1.54) is 24.1 Å². The summed E-state index contributed by atoms with van der Waals surface area (Å²) >= 11 is 0. The zero-order chi connectivity index (χ0) is 12.3. The Morgan fingerprint density at radius 1 is 1.35 bits per heavy atom. The lowest BCUT2D eigenvalue weighted by atomic mass is 9.93. The van der Waals surface area contributed by atoms with Gasteiger partial charge in [-0.25, -0.2) is 4.39 Å². The molecular weight excluding hydrogens is 217 g/mol. The molecule has 1 saturated carbocycles. The van der Waals surface area contributed by atoms with Crippen LogP contribution >= 0.6 is 0 Å². The SMILES string of the molecule is C[C@H](CO)NC1CCCC1c1ccc(F)cc1. The summed E-state index contributed by atoms with van der Waals surface area (Å²) in [5.74, 6) is 0.268. The Kier molecular flexibility index (Phi) is 4.13. The lowest BCUT2D eigenvalue weighted by molar-refractivity contribution is 0.237. The van der Waals surface area contributed by atoms with E-state index in [-0.39, 0.29) is 18.5 Å². The molecular formula is C14H20FNO. The van der Waals surface area contributed by atoms with Gasteiger partial charge in [-0.1, -0.05) is 18.6 Å². The van der Waals surface area contributed by atoms with Gasteiger partial charge in [0.15, 0.2) is 0 Å². The van der Waals surface area contributed by atoms with Gasteiger partial charge in [0, 0.05) is 12.1 Å². The van der Waals surface area contributed by atoms with Crippen molar-refractivity contribution in [3.05, 3.63) is 35.6 Å². The standard InChI is InChI=1S/C14H20FNO/c1-10(9-17)16-14-4-2-3-13(14)11-5-7-12(15)8-6-11/h5-8,10,13-14,16-17H,2-4,9H2,1H3/t10-,13?,14?/m1/s1. The third-order valence-electron chi connectivity index (χ3n) is 3.59. The summed E-state index contributed by atoms with van der Waals surface area (Å²) in [6.45, 7) is 2.15. The molecule has 17 heavy (non-hydrogen) atoms. The number of hydrogen-bond donors (Lipinski definition) is 2. The van der Waals surface area contributed by atoms with Crippen molar-refractivity contribution >= 4 is 0 Å². The maximum Gasteiger partial charge on any atom is 0.123 e. The van der Waals surface area contributed by atoms with Crippen LogP contribution in [0.2, 0.25) is 0 Å². The fourth-order valence-electron chi connectivity index (χ4n) is 2.69. The van der Waals surface area contributed by atoms with Crippen LogP contribution in [-0.4, -0.2) is 23.8 Å². The molecule has 0 aromatic heterocycles. The molecule has 2 rings (SSSR count). The second-order valence-electron chi connectivity index (χ2n) is 4.95. The van der Waals surface area contributed by atoms with Gasteiger partial charge in [0.1, 0.15) is 5.82 Å². The Hall–Kier alpha value is -0.930. The number of aliphatic hydroxyl groups excluding tert-OH is 1. The van der Waals surface area contributed by atoms with Gasteiger partial charge in [0.25, 0.3) is 0 Å². The summed E-state index contributed by atoms with van der Waals surface area (Å²) in [5.41, 5.74) is 1.20. The molecule has 3 atom stereocenters. The van der Waals surface area contributed by atoms with Crippen LogP contribution in [0.4, 0.5) is 4.39 Å². The minimum Gasteiger partial charge on any atom is -0.395 e. The van der Waals surface area contributed by atoms with Gasteiger partial charge in [0.05, 0.1) is 6.61 Å². The highest BCUT2D eigenvalue weighted by molar-refractivity contribution is 5.23. The van der Waals surface area contributed by atoms with Crippen molar-refractivity contribution in [3.8, 4) is 0 Å². The highest BCUT2D eigenvalue weighted by Crippen LogP contribution is 2.34. The Morgan fingerprint density at radius 3 is 2.71 bits per heavy atom. The lowest BCUT2D eigenvalue weighted by Gasteiger charge is -2.24. The smallest absolute Gasteiger partial charge is 0.123 e. The largest absolute Gasteiger partial charge is 0.395 e. The topological polar surface area (TPSA) is 32.3 Å². The average molecular weight is 237 g/mol. The maximum absolute atomic E-state index is 12.9. The Bertz CT molecular complexity index is 352. The van der Waals surface area contributed by atoms with Crippen molar-refractivity contribution < 1.29 is 9.50 Å². The zero-order valence-electron chi connectivity index (χ0n) is 10.2. The summed E-state index contributed by atoms with van der Waals surface area (Å²) in [5, 5.41) is 12.5. The first kappa shape index (κ1) is 12.5. The van der Waals surface area contributed by atoms with Crippen LogP contribution in [0.3, 0.4) is 0 Å². The minimum absolute atomic E-state index is 0.126. The van der Waals surface area contributed by atoms with E-state index >= 15 is 0 Å². The van der Waals surface area contributed by atoms with Gasteiger partial charge in [-0.05, 0) is 43.4 Å². The molecule has 2 nitrogen and oxygen atoms in total. The number of hydrogen-bond acceptors (Lipinski definition) is 2. The third kappa shape index (κ3) is 3.05. The molecule has 2 N–H and O–H groups in total. The Labute approximate surface area is 102 Å². The van der Waals surface area contributed by atoms with Gasteiger partial charge in [-0.3, -0.25) is 0 Å². The normalized spacial score (nSPS) is 26.1. The van der Waals surface area contributed by atoms with Crippen LogP contribution < -0.4 is 5.32 Å². The second kappa shape index (κ2) is 5.61. The number of rotatable bonds is 4. The number of halogens is 1. The van der Waals surface area contributed by atoms with Gasteiger partial charge in [-0.15, -0.1) is 0 Å². The van der Waals surface area contributed by atoms with E-state index in [9.17, 15) is 4.39 Å². The molecule has 1 aliphatic carbocycles. The summed E-state index contributed by atoms with van der Waals surface area (Å²) in [6, 6.07) is 7.34. The predicted octanol–water partition coefficient (Wildman–Crippen LogP) is 2.43. The van der Waals surface area contributed by atoms with Gasteiger partial charge >= 0.3 is 0 Å².